The van der Waals surface area contributed by atoms with Crippen molar-refractivity contribution in [2.24, 2.45) is 0 Å². The normalized spacial score (nSPS) is 11.0. The summed E-state index contributed by atoms with van der Waals surface area (Å²) in [5.74, 6) is 0.291. The lowest BCUT2D eigenvalue weighted by molar-refractivity contribution is 0.0945. The molecule has 0 saturated heterocycles. The summed E-state index contributed by atoms with van der Waals surface area (Å²) in [6.07, 6.45) is 0.535. The van der Waals surface area contributed by atoms with Gasteiger partial charge in [0, 0.05) is 41.9 Å². The zero-order valence-electron chi connectivity index (χ0n) is 12.1. The lowest BCUT2D eigenvalue weighted by atomic mass is 10.3. The third-order valence-electron chi connectivity index (χ3n) is 3.13. The molecule has 114 valence electrons. The summed E-state index contributed by atoms with van der Waals surface area (Å²) in [5, 5.41) is 8.29. The van der Waals surface area contributed by atoms with Gasteiger partial charge >= 0.3 is 0 Å². The largest absolute Gasteiger partial charge is 0.361 e. The third-order valence-corrected chi connectivity index (χ3v) is 4.01. The average Bonchev–Trinajstić information content (AvgIpc) is 3.05. The van der Waals surface area contributed by atoms with Crippen molar-refractivity contribution in [2.45, 2.75) is 20.3 Å². The summed E-state index contributed by atoms with van der Waals surface area (Å²) in [5.41, 5.74) is 1.68. The van der Waals surface area contributed by atoms with Crippen LogP contribution in [-0.4, -0.2) is 27.0 Å². The molecule has 0 spiro atoms. The van der Waals surface area contributed by atoms with E-state index in [-0.39, 0.29) is 17.2 Å². The van der Waals surface area contributed by atoms with Crippen molar-refractivity contribution in [1.82, 2.24) is 19.9 Å². The number of amides is 1. The van der Waals surface area contributed by atoms with Crippen LogP contribution in [-0.2, 0) is 6.42 Å². The molecule has 1 N–H and O–H groups in total. The minimum atomic E-state index is -0.294. The summed E-state index contributed by atoms with van der Waals surface area (Å²) in [7, 11) is 0. The number of aromatic nitrogens is 3. The molecule has 0 fully saturated rings. The number of thiazole rings is 1. The summed E-state index contributed by atoms with van der Waals surface area (Å²) < 4.78 is 6.43. The molecule has 0 aliphatic heterocycles. The van der Waals surface area contributed by atoms with E-state index < -0.39 is 0 Å². The number of aryl methyl sites for hydroxylation is 2. The van der Waals surface area contributed by atoms with E-state index in [9.17, 15) is 9.59 Å². The highest BCUT2D eigenvalue weighted by Crippen LogP contribution is 2.13. The Bertz CT molecular complexity index is 893. The van der Waals surface area contributed by atoms with E-state index in [0.29, 0.717) is 29.4 Å². The molecule has 0 aromatic carbocycles. The third kappa shape index (κ3) is 2.77. The Labute approximate surface area is 129 Å². The monoisotopic (exact) mass is 318 g/mol. The fraction of sp³-hybridized carbons (Fsp3) is 0.286. The van der Waals surface area contributed by atoms with Gasteiger partial charge in [-0.1, -0.05) is 5.16 Å². The molecule has 0 radical (unpaired) electrons. The average molecular weight is 318 g/mol. The fourth-order valence-electron chi connectivity index (χ4n) is 2.13. The van der Waals surface area contributed by atoms with Crippen molar-refractivity contribution in [2.75, 3.05) is 6.54 Å². The minimum absolute atomic E-state index is 0.0998. The maximum Gasteiger partial charge on any atom is 0.273 e. The lowest BCUT2D eigenvalue weighted by Crippen LogP contribution is -2.27. The SMILES string of the molecule is Cc1cc(=O)n2c(CCNC(=O)c3cc(C)on3)csc2n1. The van der Waals surface area contributed by atoms with E-state index in [1.165, 1.54) is 17.4 Å². The Morgan fingerprint density at radius 2 is 2.23 bits per heavy atom. The van der Waals surface area contributed by atoms with Crippen LogP contribution in [0.3, 0.4) is 0 Å². The van der Waals surface area contributed by atoms with Crippen molar-refractivity contribution < 1.29 is 9.32 Å². The van der Waals surface area contributed by atoms with Crippen molar-refractivity contribution in [1.29, 1.82) is 0 Å². The number of carbonyl (C=O) groups is 1. The Morgan fingerprint density at radius 1 is 1.41 bits per heavy atom. The van der Waals surface area contributed by atoms with Crippen LogP contribution in [0, 0.1) is 13.8 Å². The van der Waals surface area contributed by atoms with Crippen molar-refractivity contribution in [3.05, 3.63) is 50.7 Å². The van der Waals surface area contributed by atoms with E-state index in [1.807, 2.05) is 5.38 Å². The van der Waals surface area contributed by atoms with Gasteiger partial charge in [-0.15, -0.1) is 11.3 Å². The molecule has 0 aliphatic carbocycles. The zero-order chi connectivity index (χ0) is 15.7. The number of nitrogens with zero attached hydrogens (tertiary/aromatic N) is 3. The number of carbonyl (C=O) groups excluding carboxylic acids is 1. The molecule has 3 rings (SSSR count). The highest BCUT2D eigenvalue weighted by atomic mass is 32.1. The van der Waals surface area contributed by atoms with E-state index in [0.717, 1.165) is 5.69 Å². The molecule has 3 heterocycles. The second-order valence-electron chi connectivity index (χ2n) is 4.91. The van der Waals surface area contributed by atoms with E-state index in [2.05, 4.69) is 15.5 Å². The smallest absolute Gasteiger partial charge is 0.273 e. The number of nitrogens with one attached hydrogen (secondary N) is 1. The lowest BCUT2D eigenvalue weighted by Gasteiger charge is -2.03. The van der Waals surface area contributed by atoms with E-state index >= 15 is 0 Å². The summed E-state index contributed by atoms with van der Waals surface area (Å²) in [6, 6.07) is 3.08. The van der Waals surface area contributed by atoms with Gasteiger partial charge in [0.25, 0.3) is 11.5 Å². The molecule has 22 heavy (non-hydrogen) atoms. The fourth-order valence-corrected chi connectivity index (χ4v) is 3.10. The molecular weight excluding hydrogens is 304 g/mol. The van der Waals surface area contributed by atoms with Gasteiger partial charge in [-0.25, -0.2) is 4.98 Å². The van der Waals surface area contributed by atoms with Crippen LogP contribution >= 0.6 is 11.3 Å². The molecule has 0 unspecified atom stereocenters. The van der Waals surface area contributed by atoms with Crippen LogP contribution in [0.2, 0.25) is 0 Å². The zero-order valence-corrected chi connectivity index (χ0v) is 12.9. The van der Waals surface area contributed by atoms with Crippen molar-refractivity contribution in [3.63, 3.8) is 0 Å². The van der Waals surface area contributed by atoms with Crippen LogP contribution in [0.15, 0.2) is 26.8 Å². The predicted octanol–water partition coefficient (Wildman–Crippen LogP) is 1.33. The molecule has 1 amide bonds. The van der Waals surface area contributed by atoms with Crippen LogP contribution in [0.4, 0.5) is 0 Å². The first kappa shape index (κ1) is 14.5. The quantitative estimate of drug-likeness (QED) is 0.784. The second-order valence-corrected chi connectivity index (χ2v) is 5.75. The van der Waals surface area contributed by atoms with Gasteiger partial charge < -0.3 is 9.84 Å². The first-order valence-electron chi connectivity index (χ1n) is 6.73. The summed E-state index contributed by atoms with van der Waals surface area (Å²) in [6.45, 7) is 3.92. The van der Waals surface area contributed by atoms with Gasteiger partial charge in [0.15, 0.2) is 10.7 Å². The molecule has 0 atom stereocenters. The maximum atomic E-state index is 12.0. The first-order valence-corrected chi connectivity index (χ1v) is 7.61. The summed E-state index contributed by atoms with van der Waals surface area (Å²) in [4.78, 5) is 28.9. The summed E-state index contributed by atoms with van der Waals surface area (Å²) >= 11 is 1.41. The standard InChI is InChI=1S/C14H14N4O3S/c1-8-5-12(19)18-10(7-22-14(18)16-8)3-4-15-13(20)11-6-9(2)21-17-11/h5-7H,3-4H2,1-2H3,(H,15,20). The Balaban J connectivity index is 1.70. The maximum absolute atomic E-state index is 12.0. The van der Waals surface area contributed by atoms with Gasteiger partial charge in [0.05, 0.1) is 0 Å². The van der Waals surface area contributed by atoms with Crippen LogP contribution in [0.1, 0.15) is 27.6 Å². The molecule has 0 aliphatic rings. The van der Waals surface area contributed by atoms with Crippen molar-refractivity contribution in [3.8, 4) is 0 Å². The number of rotatable bonds is 4. The minimum Gasteiger partial charge on any atom is -0.361 e. The second kappa shape index (κ2) is 5.72. The molecule has 0 saturated carbocycles. The molecule has 7 nitrogen and oxygen atoms in total. The Kier molecular flexibility index (Phi) is 3.76. The van der Waals surface area contributed by atoms with Gasteiger partial charge in [-0.2, -0.15) is 0 Å². The molecule has 3 aromatic heterocycles. The number of fused-ring (bicyclic) bond motifs is 1. The van der Waals surface area contributed by atoms with Gasteiger partial charge in [0.1, 0.15) is 5.76 Å². The van der Waals surface area contributed by atoms with Gasteiger partial charge in [-0.3, -0.25) is 14.0 Å². The molecule has 8 heteroatoms. The highest BCUT2D eigenvalue weighted by molar-refractivity contribution is 7.15. The van der Waals surface area contributed by atoms with E-state index in [1.54, 1.807) is 24.3 Å². The highest BCUT2D eigenvalue weighted by Gasteiger charge is 2.11. The van der Waals surface area contributed by atoms with Crippen LogP contribution < -0.4 is 10.9 Å². The molecule has 0 bridgehead atoms. The van der Waals surface area contributed by atoms with Crippen LogP contribution in [0.25, 0.3) is 4.96 Å². The van der Waals surface area contributed by atoms with Crippen molar-refractivity contribution >= 4 is 22.2 Å². The Hall–Kier alpha value is -2.48. The Morgan fingerprint density at radius 3 is 2.95 bits per heavy atom. The van der Waals surface area contributed by atoms with Crippen LogP contribution in [0.5, 0.6) is 0 Å². The molecular formula is C14H14N4O3S. The predicted molar refractivity (Wildman–Crippen MR) is 81.4 cm³/mol. The topological polar surface area (TPSA) is 89.5 Å². The van der Waals surface area contributed by atoms with Gasteiger partial charge in [0.2, 0.25) is 0 Å². The number of hydrogen-bond donors (Lipinski definition) is 1. The van der Waals surface area contributed by atoms with Gasteiger partial charge in [-0.05, 0) is 13.8 Å². The van der Waals surface area contributed by atoms with E-state index in [4.69, 9.17) is 4.52 Å². The molecule has 3 aromatic rings. The number of hydrogen-bond acceptors (Lipinski definition) is 6. The first-order chi connectivity index (χ1) is 10.5.